The Hall–Kier alpha value is -0.670. The molecule has 1 unspecified atom stereocenters. The summed E-state index contributed by atoms with van der Waals surface area (Å²) in [6.45, 7) is 4.34. The number of rotatable bonds is 2. The molecule has 1 N–H and O–H groups in total. The van der Waals surface area contributed by atoms with Crippen molar-refractivity contribution in [2.75, 3.05) is 0 Å². The van der Waals surface area contributed by atoms with E-state index in [1.165, 1.54) is 17.7 Å². The van der Waals surface area contributed by atoms with Gasteiger partial charge in [0, 0.05) is 4.47 Å². The number of halogens is 2. The Balaban J connectivity index is 2.18. The molecule has 0 spiro atoms. The van der Waals surface area contributed by atoms with Gasteiger partial charge in [-0.25, -0.2) is 4.39 Å². The zero-order chi connectivity index (χ0) is 13.3. The Kier molecular flexibility index (Phi) is 3.93. The normalized spacial score (nSPS) is 22.7. The predicted octanol–water partition coefficient (Wildman–Crippen LogP) is 4.24. The molecular weight excluding hydrogens is 295 g/mol. The van der Waals surface area contributed by atoms with Gasteiger partial charge in [-0.2, -0.15) is 0 Å². The quantitative estimate of drug-likeness (QED) is 0.810. The Labute approximate surface area is 116 Å². The third-order valence-electron chi connectivity index (χ3n) is 3.33. The minimum absolute atomic E-state index is 0.135. The molecule has 1 aliphatic carbocycles. The lowest BCUT2D eigenvalue weighted by atomic mass is 9.75. The summed E-state index contributed by atoms with van der Waals surface area (Å²) in [6, 6.07) is 4.76. The van der Waals surface area contributed by atoms with E-state index in [1.54, 1.807) is 6.07 Å². The SMILES string of the molecule is CC1(C)CC(Cc2ccc(F)cc2Br)=CC(O)C1. The summed E-state index contributed by atoms with van der Waals surface area (Å²) in [6.07, 6.45) is 4.14. The summed E-state index contributed by atoms with van der Waals surface area (Å²) in [4.78, 5) is 0. The lowest BCUT2D eigenvalue weighted by Gasteiger charge is -2.32. The molecule has 1 aromatic rings. The lowest BCUT2D eigenvalue weighted by molar-refractivity contribution is 0.138. The average molecular weight is 313 g/mol. The Morgan fingerprint density at radius 2 is 2.17 bits per heavy atom. The van der Waals surface area contributed by atoms with Crippen molar-refractivity contribution in [2.24, 2.45) is 5.41 Å². The molecule has 0 bridgehead atoms. The maximum absolute atomic E-state index is 13.0. The first-order chi connectivity index (χ1) is 8.35. The fourth-order valence-electron chi connectivity index (χ4n) is 2.67. The van der Waals surface area contributed by atoms with Gasteiger partial charge in [-0.15, -0.1) is 0 Å². The van der Waals surface area contributed by atoms with E-state index in [0.717, 1.165) is 29.3 Å². The molecule has 0 fully saturated rings. The van der Waals surface area contributed by atoms with Gasteiger partial charge in [0.1, 0.15) is 5.82 Å². The van der Waals surface area contributed by atoms with Gasteiger partial charge < -0.3 is 5.11 Å². The van der Waals surface area contributed by atoms with Crippen LogP contribution in [0.5, 0.6) is 0 Å². The Morgan fingerprint density at radius 1 is 1.44 bits per heavy atom. The molecular formula is C15H18BrFO. The monoisotopic (exact) mass is 312 g/mol. The number of allylic oxidation sites excluding steroid dienone is 1. The van der Waals surface area contributed by atoms with E-state index in [-0.39, 0.29) is 17.3 Å². The van der Waals surface area contributed by atoms with Crippen LogP contribution in [0.15, 0.2) is 34.3 Å². The van der Waals surface area contributed by atoms with E-state index in [4.69, 9.17) is 0 Å². The first kappa shape index (κ1) is 13.8. The molecule has 18 heavy (non-hydrogen) atoms. The highest BCUT2D eigenvalue weighted by atomic mass is 79.9. The third-order valence-corrected chi connectivity index (χ3v) is 4.07. The molecule has 0 aliphatic heterocycles. The summed E-state index contributed by atoms with van der Waals surface area (Å²) >= 11 is 3.39. The van der Waals surface area contributed by atoms with Gasteiger partial charge in [0.25, 0.3) is 0 Å². The van der Waals surface area contributed by atoms with E-state index in [1.807, 2.05) is 6.08 Å². The Bertz CT molecular complexity index is 479. The van der Waals surface area contributed by atoms with Crippen LogP contribution in [-0.4, -0.2) is 11.2 Å². The maximum atomic E-state index is 13.0. The van der Waals surface area contributed by atoms with Crippen LogP contribution < -0.4 is 0 Å². The zero-order valence-corrected chi connectivity index (χ0v) is 12.3. The highest BCUT2D eigenvalue weighted by Gasteiger charge is 2.27. The largest absolute Gasteiger partial charge is 0.389 e. The van der Waals surface area contributed by atoms with Gasteiger partial charge in [-0.3, -0.25) is 0 Å². The molecule has 2 rings (SSSR count). The van der Waals surface area contributed by atoms with Crippen LogP contribution in [0.3, 0.4) is 0 Å². The zero-order valence-electron chi connectivity index (χ0n) is 10.7. The van der Waals surface area contributed by atoms with Crippen LogP contribution >= 0.6 is 15.9 Å². The molecule has 0 heterocycles. The van der Waals surface area contributed by atoms with E-state index < -0.39 is 0 Å². The lowest BCUT2D eigenvalue weighted by Crippen LogP contribution is -2.25. The number of aliphatic hydroxyl groups is 1. The van der Waals surface area contributed by atoms with Crippen molar-refractivity contribution >= 4 is 15.9 Å². The van der Waals surface area contributed by atoms with Crippen molar-refractivity contribution in [3.8, 4) is 0 Å². The number of hydrogen-bond donors (Lipinski definition) is 1. The molecule has 1 nitrogen and oxygen atoms in total. The average Bonchev–Trinajstić information content (AvgIpc) is 2.19. The smallest absolute Gasteiger partial charge is 0.124 e. The van der Waals surface area contributed by atoms with Crippen molar-refractivity contribution in [1.29, 1.82) is 0 Å². The van der Waals surface area contributed by atoms with Gasteiger partial charge in [-0.1, -0.05) is 47.5 Å². The molecule has 1 atom stereocenters. The molecule has 0 saturated carbocycles. The van der Waals surface area contributed by atoms with Gasteiger partial charge in [0.2, 0.25) is 0 Å². The van der Waals surface area contributed by atoms with Crippen LogP contribution in [0.2, 0.25) is 0 Å². The minimum atomic E-state index is -0.358. The van der Waals surface area contributed by atoms with Gasteiger partial charge in [-0.05, 0) is 42.4 Å². The van der Waals surface area contributed by atoms with Gasteiger partial charge in [0.15, 0.2) is 0 Å². The summed E-state index contributed by atoms with van der Waals surface area (Å²) in [5.74, 6) is -0.233. The first-order valence-corrected chi connectivity index (χ1v) is 6.97. The van der Waals surface area contributed by atoms with E-state index >= 15 is 0 Å². The topological polar surface area (TPSA) is 20.2 Å². The van der Waals surface area contributed by atoms with Crippen LogP contribution in [-0.2, 0) is 6.42 Å². The second-order valence-corrected chi connectivity index (χ2v) is 6.70. The second kappa shape index (κ2) is 5.14. The molecule has 3 heteroatoms. The van der Waals surface area contributed by atoms with E-state index in [2.05, 4.69) is 29.8 Å². The van der Waals surface area contributed by atoms with E-state index in [9.17, 15) is 9.50 Å². The summed E-state index contributed by atoms with van der Waals surface area (Å²) in [7, 11) is 0. The van der Waals surface area contributed by atoms with E-state index in [0.29, 0.717) is 0 Å². The van der Waals surface area contributed by atoms with Crippen LogP contribution in [0, 0.1) is 11.2 Å². The fraction of sp³-hybridized carbons (Fsp3) is 0.467. The molecule has 1 aliphatic rings. The van der Waals surface area contributed by atoms with Crippen molar-refractivity contribution < 1.29 is 9.50 Å². The standard InChI is InChI=1S/C15H18BrFO/c1-15(2)8-10(6-13(18)9-15)5-11-3-4-12(17)7-14(11)16/h3-4,6-7,13,18H,5,8-9H2,1-2H3. The van der Waals surface area contributed by atoms with Crippen LogP contribution in [0.25, 0.3) is 0 Å². The minimum Gasteiger partial charge on any atom is -0.389 e. The number of benzene rings is 1. The predicted molar refractivity (Wildman–Crippen MR) is 74.9 cm³/mol. The summed E-state index contributed by atoms with van der Waals surface area (Å²) < 4.78 is 13.8. The molecule has 1 aromatic carbocycles. The third kappa shape index (κ3) is 3.42. The number of hydrogen-bond acceptors (Lipinski definition) is 1. The second-order valence-electron chi connectivity index (χ2n) is 5.85. The Morgan fingerprint density at radius 3 is 2.78 bits per heavy atom. The molecule has 0 radical (unpaired) electrons. The summed E-state index contributed by atoms with van der Waals surface area (Å²) in [5, 5.41) is 9.86. The fourth-order valence-corrected chi connectivity index (χ4v) is 3.17. The molecule has 0 aromatic heterocycles. The first-order valence-electron chi connectivity index (χ1n) is 6.17. The van der Waals surface area contributed by atoms with Crippen LogP contribution in [0.4, 0.5) is 4.39 Å². The summed E-state index contributed by atoms with van der Waals surface area (Å²) in [5.41, 5.74) is 2.43. The number of aliphatic hydroxyl groups excluding tert-OH is 1. The van der Waals surface area contributed by atoms with Crippen molar-refractivity contribution in [3.63, 3.8) is 0 Å². The maximum Gasteiger partial charge on any atom is 0.124 e. The molecule has 0 amide bonds. The molecule has 0 saturated heterocycles. The molecule has 98 valence electrons. The highest BCUT2D eigenvalue weighted by molar-refractivity contribution is 9.10. The van der Waals surface area contributed by atoms with Gasteiger partial charge in [0.05, 0.1) is 6.10 Å². The van der Waals surface area contributed by atoms with Crippen molar-refractivity contribution in [1.82, 2.24) is 0 Å². The van der Waals surface area contributed by atoms with Gasteiger partial charge >= 0.3 is 0 Å². The highest BCUT2D eigenvalue weighted by Crippen LogP contribution is 2.37. The van der Waals surface area contributed by atoms with Crippen LogP contribution in [0.1, 0.15) is 32.3 Å². The van der Waals surface area contributed by atoms with Crippen molar-refractivity contribution in [3.05, 3.63) is 45.7 Å². The van der Waals surface area contributed by atoms with Crippen molar-refractivity contribution in [2.45, 2.75) is 39.2 Å².